The van der Waals surface area contributed by atoms with Crippen molar-refractivity contribution in [2.24, 2.45) is 0 Å². The number of nitrogens with one attached hydrogen (secondary N) is 1. The number of likely N-dealkylation sites (N-methyl/N-ethyl adjacent to an activating group) is 1. The fraction of sp³-hybridized carbons (Fsp3) is 0.333. The lowest BCUT2D eigenvalue weighted by molar-refractivity contribution is -0.137. The molecule has 1 aliphatic carbocycles. The van der Waals surface area contributed by atoms with E-state index in [1.165, 1.54) is 18.5 Å². The van der Waals surface area contributed by atoms with Gasteiger partial charge in [-0.25, -0.2) is 8.91 Å². The number of hydrogen-bond donors (Lipinski definition) is 1. The van der Waals surface area contributed by atoms with E-state index in [1.807, 2.05) is 0 Å². The lowest BCUT2D eigenvalue weighted by atomic mass is 9.90. The maximum atomic E-state index is 14.0. The van der Waals surface area contributed by atoms with Gasteiger partial charge in [-0.2, -0.15) is 18.2 Å². The van der Waals surface area contributed by atoms with Crippen molar-refractivity contribution in [1.29, 1.82) is 0 Å². The van der Waals surface area contributed by atoms with E-state index < -0.39 is 41.7 Å². The van der Waals surface area contributed by atoms with Crippen molar-refractivity contribution in [3.63, 3.8) is 0 Å². The second kappa shape index (κ2) is 7.57. The summed E-state index contributed by atoms with van der Waals surface area (Å²) < 4.78 is 54.9. The minimum absolute atomic E-state index is 0.0147. The Bertz CT molecular complexity index is 1180. The summed E-state index contributed by atoms with van der Waals surface area (Å²) in [6, 6.07) is 7.83. The van der Waals surface area contributed by atoms with Crippen molar-refractivity contribution in [1.82, 2.24) is 19.5 Å². The lowest BCUT2D eigenvalue weighted by Gasteiger charge is -2.22. The lowest BCUT2D eigenvalue weighted by Crippen LogP contribution is -2.36. The van der Waals surface area contributed by atoms with Crippen molar-refractivity contribution in [3.05, 3.63) is 59.3 Å². The SMILES string of the molecule is CN(CC(=O)Nc1nc2ccccn2n1)C(=O)c1ccc(C(F)(F)F)cc1[C@]1(C)C[C@H]1F. The van der Waals surface area contributed by atoms with E-state index in [-0.39, 0.29) is 23.5 Å². The topological polar surface area (TPSA) is 79.6 Å². The number of nitrogens with zero attached hydrogens (tertiary/aromatic N) is 4. The first-order chi connectivity index (χ1) is 15.0. The van der Waals surface area contributed by atoms with Crippen LogP contribution in [-0.4, -0.2) is 51.1 Å². The Kier molecular flexibility index (Phi) is 5.14. The molecule has 7 nitrogen and oxygen atoms in total. The normalized spacial score (nSPS) is 20.2. The number of carbonyl (C=O) groups is 2. The molecular formula is C21H19F4N5O2. The molecule has 168 valence electrons. The first kappa shape index (κ1) is 21.7. The van der Waals surface area contributed by atoms with Crippen LogP contribution >= 0.6 is 0 Å². The zero-order valence-corrected chi connectivity index (χ0v) is 17.2. The Morgan fingerprint density at radius 2 is 2.00 bits per heavy atom. The molecule has 2 heterocycles. The van der Waals surface area contributed by atoms with Crippen molar-refractivity contribution in [3.8, 4) is 0 Å². The van der Waals surface area contributed by atoms with Gasteiger partial charge < -0.3 is 4.90 Å². The fourth-order valence-electron chi connectivity index (χ4n) is 3.51. The predicted molar refractivity (Wildman–Crippen MR) is 107 cm³/mol. The van der Waals surface area contributed by atoms with Crippen LogP contribution in [0.5, 0.6) is 0 Å². The monoisotopic (exact) mass is 449 g/mol. The van der Waals surface area contributed by atoms with Gasteiger partial charge in [0.25, 0.3) is 5.91 Å². The highest BCUT2D eigenvalue weighted by Crippen LogP contribution is 2.52. The minimum atomic E-state index is -4.62. The van der Waals surface area contributed by atoms with Crippen LogP contribution in [0, 0.1) is 0 Å². The number of hydrogen-bond acceptors (Lipinski definition) is 4. The molecule has 2 atom stereocenters. The van der Waals surface area contributed by atoms with Crippen LogP contribution in [-0.2, 0) is 16.4 Å². The molecular weight excluding hydrogens is 430 g/mol. The molecule has 0 aliphatic heterocycles. The van der Waals surface area contributed by atoms with Gasteiger partial charge in [0.1, 0.15) is 6.17 Å². The highest BCUT2D eigenvalue weighted by atomic mass is 19.4. The predicted octanol–water partition coefficient (Wildman–Crippen LogP) is 3.46. The number of aromatic nitrogens is 3. The van der Waals surface area contributed by atoms with Gasteiger partial charge in [-0.3, -0.25) is 14.9 Å². The van der Waals surface area contributed by atoms with E-state index in [0.29, 0.717) is 5.65 Å². The number of halogens is 4. The largest absolute Gasteiger partial charge is 0.416 e. The zero-order valence-electron chi connectivity index (χ0n) is 17.2. The number of carbonyl (C=O) groups excluding carboxylic acids is 2. The fourth-order valence-corrected chi connectivity index (χ4v) is 3.51. The molecule has 1 saturated carbocycles. The summed E-state index contributed by atoms with van der Waals surface area (Å²) in [5.74, 6) is -1.23. The quantitative estimate of drug-likeness (QED) is 0.605. The molecule has 1 aliphatic rings. The molecule has 0 radical (unpaired) electrons. The molecule has 1 fully saturated rings. The molecule has 0 saturated heterocycles. The number of anilines is 1. The number of alkyl halides is 4. The first-order valence-corrected chi connectivity index (χ1v) is 9.71. The van der Waals surface area contributed by atoms with E-state index in [0.717, 1.165) is 23.1 Å². The third kappa shape index (κ3) is 4.02. The number of fused-ring (bicyclic) bond motifs is 1. The van der Waals surface area contributed by atoms with E-state index in [1.54, 1.807) is 24.4 Å². The summed E-state index contributed by atoms with van der Waals surface area (Å²) in [6.07, 6.45) is -4.29. The highest BCUT2D eigenvalue weighted by molar-refractivity contribution is 6.00. The van der Waals surface area contributed by atoms with Crippen molar-refractivity contribution in [2.45, 2.75) is 31.1 Å². The number of pyridine rings is 1. The molecule has 1 N–H and O–H groups in total. The molecule has 0 spiro atoms. The van der Waals surface area contributed by atoms with Crippen LogP contribution in [0.15, 0.2) is 42.6 Å². The summed E-state index contributed by atoms with van der Waals surface area (Å²) in [5, 5.41) is 6.56. The molecule has 2 amide bonds. The Morgan fingerprint density at radius 1 is 1.28 bits per heavy atom. The molecule has 11 heteroatoms. The van der Waals surface area contributed by atoms with Crippen LogP contribution in [0.1, 0.15) is 34.8 Å². The summed E-state index contributed by atoms with van der Waals surface area (Å²) in [7, 11) is 1.34. The average molecular weight is 449 g/mol. The van der Waals surface area contributed by atoms with Gasteiger partial charge in [0.15, 0.2) is 5.65 Å². The molecule has 0 bridgehead atoms. The van der Waals surface area contributed by atoms with Crippen LogP contribution < -0.4 is 5.32 Å². The van der Waals surface area contributed by atoms with Crippen molar-refractivity contribution >= 4 is 23.4 Å². The molecule has 4 rings (SSSR count). The van der Waals surface area contributed by atoms with E-state index >= 15 is 0 Å². The van der Waals surface area contributed by atoms with Gasteiger partial charge >= 0.3 is 6.18 Å². The number of benzene rings is 1. The molecule has 3 aromatic rings. The first-order valence-electron chi connectivity index (χ1n) is 9.71. The maximum Gasteiger partial charge on any atom is 0.416 e. The summed E-state index contributed by atoms with van der Waals surface area (Å²) >= 11 is 0. The van der Waals surface area contributed by atoms with Crippen molar-refractivity contribution < 1.29 is 27.2 Å². The average Bonchev–Trinajstić information content (AvgIpc) is 3.15. The number of amides is 2. The van der Waals surface area contributed by atoms with Gasteiger partial charge in [-0.15, -0.1) is 5.10 Å². The van der Waals surface area contributed by atoms with Gasteiger partial charge in [0, 0.05) is 24.2 Å². The minimum Gasteiger partial charge on any atom is -0.332 e. The highest BCUT2D eigenvalue weighted by Gasteiger charge is 2.54. The zero-order chi connectivity index (χ0) is 23.3. The summed E-state index contributed by atoms with van der Waals surface area (Å²) in [6.45, 7) is 1.08. The van der Waals surface area contributed by atoms with Gasteiger partial charge in [-0.05, 0) is 42.3 Å². The summed E-state index contributed by atoms with van der Waals surface area (Å²) in [4.78, 5) is 30.5. The number of rotatable bonds is 5. The molecule has 1 aromatic carbocycles. The van der Waals surface area contributed by atoms with Crippen molar-refractivity contribution in [2.75, 3.05) is 18.9 Å². The molecule has 0 unspecified atom stereocenters. The van der Waals surface area contributed by atoms with Gasteiger partial charge in [0.2, 0.25) is 11.9 Å². The Morgan fingerprint density at radius 3 is 2.62 bits per heavy atom. The van der Waals surface area contributed by atoms with E-state index in [2.05, 4.69) is 15.4 Å². The Hall–Kier alpha value is -3.50. The second-order valence-electron chi connectivity index (χ2n) is 8.00. The Labute approximate surface area is 180 Å². The van der Waals surface area contributed by atoms with Crippen LogP contribution in [0.2, 0.25) is 0 Å². The summed E-state index contributed by atoms with van der Waals surface area (Å²) in [5.41, 5.74) is -1.70. The third-order valence-electron chi connectivity index (χ3n) is 5.55. The maximum absolute atomic E-state index is 14.0. The standard InChI is InChI=1S/C21H19F4N5O2/c1-20(10-15(20)22)14-9-12(21(23,24)25)6-7-13(14)18(32)29(2)11-17(31)27-19-26-16-5-3-4-8-30(16)28-19/h3-9,15H,10-11H2,1-2H3,(H,27,28,31)/t15-,20+/m1/s1. The molecule has 2 aromatic heterocycles. The van der Waals surface area contributed by atoms with E-state index in [4.69, 9.17) is 0 Å². The second-order valence-corrected chi connectivity index (χ2v) is 8.00. The van der Waals surface area contributed by atoms with Gasteiger partial charge in [0.05, 0.1) is 12.1 Å². The smallest absolute Gasteiger partial charge is 0.332 e. The van der Waals surface area contributed by atoms with E-state index in [9.17, 15) is 27.2 Å². The Balaban J connectivity index is 1.52. The third-order valence-corrected chi connectivity index (χ3v) is 5.55. The van der Waals surface area contributed by atoms with Crippen LogP contribution in [0.3, 0.4) is 0 Å². The van der Waals surface area contributed by atoms with Crippen LogP contribution in [0.4, 0.5) is 23.5 Å². The van der Waals surface area contributed by atoms with Gasteiger partial charge in [-0.1, -0.05) is 13.0 Å². The molecule has 32 heavy (non-hydrogen) atoms. The van der Waals surface area contributed by atoms with Crippen LogP contribution in [0.25, 0.3) is 5.65 Å².